The zero-order valence-electron chi connectivity index (χ0n) is 15.6. The number of nitrogens with zero attached hydrogens (tertiary/aromatic N) is 2. The Morgan fingerprint density at radius 2 is 1.77 bits per heavy atom. The summed E-state index contributed by atoms with van der Waals surface area (Å²) in [5, 5.41) is 0. The highest BCUT2D eigenvalue weighted by Crippen LogP contribution is 2.52. The minimum Gasteiger partial charge on any atom is -0.455 e. The van der Waals surface area contributed by atoms with Gasteiger partial charge >= 0.3 is 5.97 Å². The van der Waals surface area contributed by atoms with Crippen molar-refractivity contribution in [3.63, 3.8) is 0 Å². The topological polar surface area (TPSA) is 87.2 Å². The third-order valence-electron chi connectivity index (χ3n) is 4.53. The molecule has 0 fully saturated rings. The molecule has 0 aliphatic heterocycles. The molecule has 0 heterocycles. The third kappa shape index (κ3) is 4.76. The molecule has 0 aromatic heterocycles. The van der Waals surface area contributed by atoms with Gasteiger partial charge in [0.05, 0.1) is 5.54 Å². The Kier molecular flexibility index (Phi) is 7.65. The summed E-state index contributed by atoms with van der Waals surface area (Å²) < 4.78 is 7.38. The molecular formula is C17H25N2O5PS. The van der Waals surface area contributed by atoms with E-state index in [1.807, 2.05) is 6.07 Å². The second-order valence-electron chi connectivity index (χ2n) is 6.10. The first kappa shape index (κ1) is 22.4. The lowest BCUT2D eigenvalue weighted by atomic mass is 9.93. The summed E-state index contributed by atoms with van der Waals surface area (Å²) in [5.41, 5.74) is -0.648. The third-order valence-corrected chi connectivity index (χ3v) is 8.28. The summed E-state index contributed by atoms with van der Waals surface area (Å²) >= 11 is 5.22. The number of esters is 1. The van der Waals surface area contributed by atoms with Gasteiger partial charge in [0.1, 0.15) is 6.61 Å². The molecule has 0 aliphatic carbocycles. The number of amides is 1. The van der Waals surface area contributed by atoms with Crippen molar-refractivity contribution in [2.75, 3.05) is 14.1 Å². The Morgan fingerprint density at radius 3 is 2.23 bits per heavy atom. The van der Waals surface area contributed by atoms with Gasteiger partial charge in [-0.15, -0.1) is 0 Å². The minimum absolute atomic E-state index is 0.0322. The quantitative estimate of drug-likeness (QED) is 0.406. The smallest absolute Gasteiger partial charge is 0.376 e. The van der Waals surface area contributed by atoms with Crippen LogP contribution >= 0.6 is 6.57 Å². The van der Waals surface area contributed by atoms with Crippen LogP contribution in [0.2, 0.25) is 0 Å². The highest BCUT2D eigenvalue weighted by atomic mass is 32.5. The molecule has 2 atom stereocenters. The van der Waals surface area contributed by atoms with E-state index in [2.05, 4.69) is 0 Å². The Balaban J connectivity index is 2.98. The fourth-order valence-corrected chi connectivity index (χ4v) is 4.68. The van der Waals surface area contributed by atoms with Crippen molar-refractivity contribution in [1.29, 1.82) is 0 Å². The van der Waals surface area contributed by atoms with Crippen LogP contribution in [-0.4, -0.2) is 51.5 Å². The lowest BCUT2D eigenvalue weighted by molar-refractivity contribution is -0.158. The van der Waals surface area contributed by atoms with Gasteiger partial charge in [0.25, 0.3) is 5.78 Å². The summed E-state index contributed by atoms with van der Waals surface area (Å²) in [6.45, 7) is 0.919. The fourth-order valence-electron chi connectivity index (χ4n) is 2.22. The Morgan fingerprint density at radius 1 is 1.23 bits per heavy atom. The summed E-state index contributed by atoms with van der Waals surface area (Å²) in [7, 11) is 2.81. The molecule has 26 heavy (non-hydrogen) atoms. The van der Waals surface area contributed by atoms with Crippen LogP contribution in [0.3, 0.4) is 0 Å². The van der Waals surface area contributed by atoms with Gasteiger partial charge in [0.2, 0.25) is 12.5 Å². The van der Waals surface area contributed by atoms with Crippen molar-refractivity contribution < 1.29 is 24.0 Å². The molecule has 144 valence electrons. The van der Waals surface area contributed by atoms with Gasteiger partial charge < -0.3 is 9.63 Å². The molecule has 9 heteroatoms. The molecule has 2 unspecified atom stereocenters. The summed E-state index contributed by atoms with van der Waals surface area (Å²) in [6, 6.07) is 8.98. The predicted molar refractivity (Wildman–Crippen MR) is 103 cm³/mol. The molecule has 1 N–H and O–H groups in total. The maximum atomic E-state index is 12.7. The molecule has 0 saturated heterocycles. The number of hydrogen-bond donors (Lipinski definition) is 1. The molecule has 0 aliphatic rings. The standard InChI is InChI=1S/C17H25N2O5PS/c1-6-17(3,19(5)25(23,26)18(4)13(2)20)15(21)16(22)24-12-14-10-8-7-9-11-14/h7-11H,6,12H2,1-5H3,(H,23,26). The van der Waals surface area contributed by atoms with Crippen LogP contribution in [0.4, 0.5) is 0 Å². The Hall–Kier alpha value is -1.60. The molecule has 1 aromatic rings. The minimum atomic E-state index is -3.52. The van der Waals surface area contributed by atoms with Crippen LogP contribution in [0.1, 0.15) is 32.8 Å². The maximum Gasteiger partial charge on any atom is 0.376 e. The molecular weight excluding hydrogens is 375 g/mol. The van der Waals surface area contributed by atoms with E-state index in [1.165, 1.54) is 32.6 Å². The van der Waals surface area contributed by atoms with Gasteiger partial charge in [-0.25, -0.2) is 9.46 Å². The number of ether oxygens (including phenoxy) is 1. The predicted octanol–water partition coefficient (Wildman–Crippen LogP) is 2.09. The van der Waals surface area contributed by atoms with Crippen LogP contribution in [0, 0.1) is 0 Å². The second kappa shape index (κ2) is 8.86. The summed E-state index contributed by atoms with van der Waals surface area (Å²) in [4.78, 5) is 47.3. The number of Topliss-reactive ketones (excluding diaryl/α,β-unsaturated/α-hetero) is 1. The Labute approximate surface area is 159 Å². The average molecular weight is 400 g/mol. The van der Waals surface area contributed by atoms with Gasteiger partial charge in [-0.05, 0) is 37.8 Å². The van der Waals surface area contributed by atoms with E-state index >= 15 is 0 Å². The number of carbonyl (C=O) groups is 3. The van der Waals surface area contributed by atoms with Gasteiger partial charge in [-0.3, -0.25) is 14.3 Å². The van der Waals surface area contributed by atoms with Gasteiger partial charge in [-0.2, -0.15) is 0 Å². The van der Waals surface area contributed by atoms with Gasteiger partial charge in [-0.1, -0.05) is 37.3 Å². The maximum absolute atomic E-state index is 12.7. The van der Waals surface area contributed by atoms with Gasteiger partial charge in [0, 0.05) is 14.0 Å². The van der Waals surface area contributed by atoms with Crippen LogP contribution in [0.25, 0.3) is 0 Å². The normalized spacial score (nSPS) is 15.7. The van der Waals surface area contributed by atoms with E-state index < -0.39 is 29.8 Å². The zero-order chi connectivity index (χ0) is 20.1. The van der Waals surface area contributed by atoms with Crippen LogP contribution < -0.4 is 0 Å². The number of rotatable bonds is 8. The largest absolute Gasteiger partial charge is 0.455 e. The van der Waals surface area contributed by atoms with E-state index in [1.54, 1.807) is 31.2 Å². The molecule has 1 amide bonds. The number of carbonyl (C=O) groups excluding carboxylic acids is 3. The first-order valence-corrected chi connectivity index (χ1v) is 10.7. The van der Waals surface area contributed by atoms with E-state index in [9.17, 15) is 19.3 Å². The monoisotopic (exact) mass is 400 g/mol. The van der Waals surface area contributed by atoms with Crippen LogP contribution in [0.5, 0.6) is 0 Å². The van der Waals surface area contributed by atoms with Crippen LogP contribution in [-0.2, 0) is 37.5 Å². The van der Waals surface area contributed by atoms with E-state index in [4.69, 9.17) is 16.5 Å². The highest BCUT2D eigenvalue weighted by Gasteiger charge is 2.47. The van der Waals surface area contributed by atoms with Crippen molar-refractivity contribution in [1.82, 2.24) is 9.34 Å². The van der Waals surface area contributed by atoms with Crippen LogP contribution in [0.15, 0.2) is 30.3 Å². The van der Waals surface area contributed by atoms with Crippen molar-refractivity contribution in [2.24, 2.45) is 0 Å². The number of likely N-dealkylation sites (N-methyl/N-ethyl adjacent to an activating group) is 1. The number of hydrogen-bond acceptors (Lipinski definition) is 5. The van der Waals surface area contributed by atoms with Gasteiger partial charge in [0.15, 0.2) is 0 Å². The lowest BCUT2D eigenvalue weighted by Crippen LogP contribution is -2.53. The molecule has 7 nitrogen and oxygen atoms in total. The molecule has 1 aromatic carbocycles. The average Bonchev–Trinajstić information content (AvgIpc) is 2.64. The molecule has 1 rings (SSSR count). The summed E-state index contributed by atoms with van der Waals surface area (Å²) in [5.74, 6) is -2.26. The second-order valence-corrected chi connectivity index (χ2v) is 9.79. The first-order chi connectivity index (χ1) is 12.0. The molecule has 0 spiro atoms. The molecule has 0 saturated carbocycles. The van der Waals surface area contributed by atoms with E-state index in [-0.39, 0.29) is 13.0 Å². The lowest BCUT2D eigenvalue weighted by Gasteiger charge is -2.43. The highest BCUT2D eigenvalue weighted by molar-refractivity contribution is 8.09. The molecule has 0 bridgehead atoms. The van der Waals surface area contributed by atoms with Crippen molar-refractivity contribution in [3.05, 3.63) is 35.9 Å². The summed E-state index contributed by atoms with van der Waals surface area (Å²) in [6.07, 6.45) is 0.202. The number of ketones is 1. The first-order valence-electron chi connectivity index (χ1n) is 8.05. The SMILES string of the molecule is CCC(C)(C(=O)C(=O)OCc1ccccc1)N(C)P(O)(=S)N(C)C(C)=O. The van der Waals surface area contributed by atoms with Crippen molar-refractivity contribution >= 4 is 36.0 Å². The number of benzene rings is 1. The van der Waals surface area contributed by atoms with Crippen molar-refractivity contribution in [2.45, 2.75) is 39.3 Å². The Bertz CT molecular complexity index is 727. The molecule has 0 radical (unpaired) electrons. The van der Waals surface area contributed by atoms with E-state index in [0.29, 0.717) is 0 Å². The fraction of sp³-hybridized carbons (Fsp3) is 0.471. The van der Waals surface area contributed by atoms with Crippen molar-refractivity contribution in [3.8, 4) is 0 Å². The zero-order valence-corrected chi connectivity index (χ0v) is 17.3. The van der Waals surface area contributed by atoms with E-state index in [0.717, 1.165) is 10.2 Å².